The van der Waals surface area contributed by atoms with Gasteiger partial charge in [0.1, 0.15) is 11.6 Å². The molecule has 4 nitrogen and oxygen atoms in total. The molecule has 0 saturated carbocycles. The van der Waals surface area contributed by atoms with E-state index in [1.807, 2.05) is 18.2 Å². The number of nitrogens with one attached hydrogen (secondary N) is 1. The molecule has 0 fully saturated rings. The molecule has 1 aromatic heterocycles. The van der Waals surface area contributed by atoms with Gasteiger partial charge in [-0.05, 0) is 39.0 Å². The summed E-state index contributed by atoms with van der Waals surface area (Å²) in [6.07, 6.45) is 1.76. The normalized spacial score (nSPS) is 11.6. The van der Waals surface area contributed by atoms with E-state index < -0.39 is 0 Å². The van der Waals surface area contributed by atoms with E-state index in [0.717, 1.165) is 22.3 Å². The molecule has 3 N–H and O–H groups in total. The number of nitrogens with two attached hydrogens (primary N) is 1. The number of hydrogen-bond donors (Lipinski definition) is 2. The lowest BCUT2D eigenvalue weighted by Gasteiger charge is -2.23. The second kappa shape index (κ2) is 4.37. The van der Waals surface area contributed by atoms with Gasteiger partial charge in [0.15, 0.2) is 0 Å². The molecule has 0 saturated heterocycles. The molecule has 0 amide bonds. The minimum atomic E-state index is -0.0726. The molecule has 0 spiro atoms. The maximum atomic E-state index is 6.06. The van der Waals surface area contributed by atoms with Crippen LogP contribution in [0.4, 0.5) is 11.5 Å². The van der Waals surface area contributed by atoms with Crippen molar-refractivity contribution in [3.05, 3.63) is 24.4 Å². The summed E-state index contributed by atoms with van der Waals surface area (Å²) in [5.41, 5.74) is 6.69. The summed E-state index contributed by atoms with van der Waals surface area (Å²) >= 11 is 0. The number of nitrogens with zero attached hydrogens (tertiary/aromatic N) is 1. The van der Waals surface area contributed by atoms with Crippen LogP contribution in [0.3, 0.4) is 0 Å². The smallest absolute Gasteiger partial charge is 0.136 e. The van der Waals surface area contributed by atoms with Crippen molar-refractivity contribution >= 4 is 22.3 Å². The molecule has 2 aromatic rings. The number of methoxy groups -OCH3 is 1. The van der Waals surface area contributed by atoms with Crippen molar-refractivity contribution in [1.29, 1.82) is 0 Å². The predicted octanol–water partition coefficient (Wildman–Crippen LogP) is 3.04. The topological polar surface area (TPSA) is 60.2 Å². The van der Waals surface area contributed by atoms with Crippen molar-refractivity contribution in [2.75, 3.05) is 18.2 Å². The molecular weight excluding hydrogens is 226 g/mol. The zero-order valence-electron chi connectivity index (χ0n) is 11.2. The van der Waals surface area contributed by atoms with E-state index in [2.05, 4.69) is 31.1 Å². The number of pyridine rings is 1. The maximum absolute atomic E-state index is 6.06. The Morgan fingerprint density at radius 1 is 1.22 bits per heavy atom. The quantitative estimate of drug-likeness (QED) is 0.798. The highest BCUT2D eigenvalue weighted by molar-refractivity contribution is 6.04. The average molecular weight is 245 g/mol. The molecule has 0 aliphatic rings. The van der Waals surface area contributed by atoms with Crippen LogP contribution in [0.1, 0.15) is 20.8 Å². The van der Waals surface area contributed by atoms with Crippen LogP contribution in [0.5, 0.6) is 5.75 Å². The second-order valence-electron chi connectivity index (χ2n) is 5.31. The Morgan fingerprint density at radius 3 is 2.56 bits per heavy atom. The molecule has 0 aliphatic heterocycles. The Balaban J connectivity index is 2.68. The molecule has 1 aromatic carbocycles. The maximum Gasteiger partial charge on any atom is 0.136 e. The Labute approximate surface area is 107 Å². The first kappa shape index (κ1) is 12.5. The largest absolute Gasteiger partial charge is 0.496 e. The number of fused-ring (bicyclic) bond motifs is 1. The summed E-state index contributed by atoms with van der Waals surface area (Å²) in [5.74, 6) is 1.59. The molecule has 96 valence electrons. The van der Waals surface area contributed by atoms with Crippen LogP contribution >= 0.6 is 0 Å². The zero-order valence-corrected chi connectivity index (χ0v) is 11.2. The average Bonchev–Trinajstić information content (AvgIpc) is 2.27. The lowest BCUT2D eigenvalue weighted by atomic mass is 10.1. The van der Waals surface area contributed by atoms with Crippen molar-refractivity contribution in [3.63, 3.8) is 0 Å². The van der Waals surface area contributed by atoms with E-state index in [1.165, 1.54) is 0 Å². The summed E-state index contributed by atoms with van der Waals surface area (Å²) in [6, 6.07) is 5.63. The molecule has 0 atom stereocenters. The Bertz CT molecular complexity index is 573. The minimum Gasteiger partial charge on any atom is -0.496 e. The van der Waals surface area contributed by atoms with E-state index >= 15 is 0 Å². The van der Waals surface area contributed by atoms with Gasteiger partial charge >= 0.3 is 0 Å². The summed E-state index contributed by atoms with van der Waals surface area (Å²) in [4.78, 5) is 4.38. The third kappa shape index (κ3) is 2.32. The third-order valence-corrected chi connectivity index (χ3v) is 2.63. The molecule has 0 bridgehead atoms. The van der Waals surface area contributed by atoms with Crippen LogP contribution in [-0.2, 0) is 0 Å². The lowest BCUT2D eigenvalue weighted by Crippen LogP contribution is -2.26. The van der Waals surface area contributed by atoms with Crippen molar-refractivity contribution < 1.29 is 4.74 Å². The van der Waals surface area contributed by atoms with Gasteiger partial charge in [-0.15, -0.1) is 0 Å². The zero-order chi connectivity index (χ0) is 13.3. The van der Waals surface area contributed by atoms with Crippen LogP contribution in [0.15, 0.2) is 24.4 Å². The molecule has 0 unspecified atom stereocenters. The SMILES string of the molecule is COc1ccc(N)c2c(NC(C)(C)C)nccc12. The van der Waals surface area contributed by atoms with E-state index in [-0.39, 0.29) is 5.54 Å². The molecule has 18 heavy (non-hydrogen) atoms. The number of hydrogen-bond acceptors (Lipinski definition) is 4. The van der Waals surface area contributed by atoms with E-state index in [1.54, 1.807) is 13.3 Å². The number of aromatic nitrogens is 1. The third-order valence-electron chi connectivity index (χ3n) is 2.63. The minimum absolute atomic E-state index is 0.0726. The van der Waals surface area contributed by atoms with Gasteiger partial charge in [-0.2, -0.15) is 0 Å². The molecule has 2 rings (SSSR count). The number of nitrogen functional groups attached to an aromatic ring is 1. The van der Waals surface area contributed by atoms with Crippen LogP contribution < -0.4 is 15.8 Å². The highest BCUT2D eigenvalue weighted by Crippen LogP contribution is 2.34. The lowest BCUT2D eigenvalue weighted by molar-refractivity contribution is 0.420. The number of anilines is 2. The van der Waals surface area contributed by atoms with Crippen molar-refractivity contribution in [1.82, 2.24) is 4.98 Å². The summed E-state index contributed by atoms with van der Waals surface area (Å²) in [7, 11) is 1.66. The van der Waals surface area contributed by atoms with E-state index in [4.69, 9.17) is 10.5 Å². The first-order valence-electron chi connectivity index (χ1n) is 5.92. The fourth-order valence-electron chi connectivity index (χ4n) is 1.93. The van der Waals surface area contributed by atoms with Gasteiger partial charge in [-0.1, -0.05) is 0 Å². The van der Waals surface area contributed by atoms with E-state index in [9.17, 15) is 0 Å². The van der Waals surface area contributed by atoms with Crippen LogP contribution in [-0.4, -0.2) is 17.6 Å². The molecule has 4 heteroatoms. The van der Waals surface area contributed by atoms with Gasteiger partial charge in [0.25, 0.3) is 0 Å². The molecular formula is C14H19N3O. The number of benzene rings is 1. The highest BCUT2D eigenvalue weighted by Gasteiger charge is 2.15. The fraction of sp³-hybridized carbons (Fsp3) is 0.357. The van der Waals surface area contributed by atoms with Crippen LogP contribution in [0.2, 0.25) is 0 Å². The van der Waals surface area contributed by atoms with Gasteiger partial charge < -0.3 is 15.8 Å². The molecule has 0 aliphatic carbocycles. The summed E-state index contributed by atoms with van der Waals surface area (Å²) < 4.78 is 5.36. The van der Waals surface area contributed by atoms with Gasteiger partial charge in [0.2, 0.25) is 0 Å². The van der Waals surface area contributed by atoms with Crippen molar-refractivity contribution in [2.45, 2.75) is 26.3 Å². The van der Waals surface area contributed by atoms with Crippen molar-refractivity contribution in [2.24, 2.45) is 0 Å². The first-order chi connectivity index (χ1) is 8.42. The van der Waals surface area contributed by atoms with Gasteiger partial charge in [-0.25, -0.2) is 4.98 Å². The number of rotatable bonds is 2. The van der Waals surface area contributed by atoms with Crippen LogP contribution in [0.25, 0.3) is 10.8 Å². The predicted molar refractivity (Wildman–Crippen MR) is 76.1 cm³/mol. The fourth-order valence-corrected chi connectivity index (χ4v) is 1.93. The highest BCUT2D eigenvalue weighted by atomic mass is 16.5. The molecule has 1 heterocycles. The van der Waals surface area contributed by atoms with Gasteiger partial charge in [-0.3, -0.25) is 0 Å². The van der Waals surface area contributed by atoms with Gasteiger partial charge in [0, 0.05) is 22.8 Å². The Morgan fingerprint density at radius 2 is 1.94 bits per heavy atom. The molecule has 0 radical (unpaired) electrons. The van der Waals surface area contributed by atoms with E-state index in [0.29, 0.717) is 5.69 Å². The standard InChI is InChI=1S/C14H19N3O/c1-14(2,3)17-13-12-9(7-8-16-13)11(18-4)6-5-10(12)15/h5-8H,15H2,1-4H3,(H,16,17). The monoisotopic (exact) mass is 245 g/mol. The summed E-state index contributed by atoms with van der Waals surface area (Å²) in [6.45, 7) is 6.26. The first-order valence-corrected chi connectivity index (χ1v) is 5.92. The van der Waals surface area contributed by atoms with Crippen molar-refractivity contribution in [3.8, 4) is 5.75 Å². The second-order valence-corrected chi connectivity index (χ2v) is 5.31. The van der Waals surface area contributed by atoms with Crippen LogP contribution in [0, 0.1) is 0 Å². The Hall–Kier alpha value is -1.97. The Kier molecular flexibility index (Phi) is 3.03. The summed E-state index contributed by atoms with van der Waals surface area (Å²) in [5, 5.41) is 5.25. The van der Waals surface area contributed by atoms with Gasteiger partial charge in [0.05, 0.1) is 12.5 Å². The number of ether oxygens (including phenoxy) is 1.